The first-order valence-electron chi connectivity index (χ1n) is 5.74. The highest BCUT2D eigenvalue weighted by molar-refractivity contribution is 6.67. The van der Waals surface area contributed by atoms with Crippen LogP contribution in [0.2, 0.25) is 0 Å². The molecule has 114 valence electrons. The number of rotatable bonds is 5. The van der Waals surface area contributed by atoms with Gasteiger partial charge in [-0.3, -0.25) is 0 Å². The van der Waals surface area contributed by atoms with E-state index >= 15 is 0 Å². The molecule has 0 aliphatic heterocycles. The smallest absolute Gasteiger partial charge is 0.408 e. The van der Waals surface area contributed by atoms with Crippen LogP contribution in [0.5, 0.6) is 0 Å². The van der Waals surface area contributed by atoms with Gasteiger partial charge in [0, 0.05) is 0 Å². The number of carboxylic acids is 1. The van der Waals surface area contributed by atoms with Crippen molar-refractivity contribution in [2.24, 2.45) is 0 Å². The number of halogens is 3. The predicted molar refractivity (Wildman–Crippen MR) is 81.7 cm³/mol. The zero-order chi connectivity index (χ0) is 15.9. The molecule has 1 aromatic rings. The van der Waals surface area contributed by atoms with Gasteiger partial charge in [-0.25, -0.2) is 9.59 Å². The van der Waals surface area contributed by atoms with Crippen LogP contribution in [0.25, 0.3) is 6.08 Å². The van der Waals surface area contributed by atoms with Crippen molar-refractivity contribution < 1.29 is 19.4 Å². The fraction of sp³-hybridized carbons (Fsp3) is 0.231. The van der Waals surface area contributed by atoms with E-state index in [0.717, 1.165) is 5.56 Å². The molecule has 0 heterocycles. The molecule has 1 amide bonds. The number of benzene rings is 1. The van der Waals surface area contributed by atoms with Crippen LogP contribution in [-0.2, 0) is 9.53 Å². The summed E-state index contributed by atoms with van der Waals surface area (Å²) >= 11 is 16.2. The van der Waals surface area contributed by atoms with Gasteiger partial charge in [-0.05, 0) is 5.56 Å². The normalized spacial score (nSPS) is 12.9. The molecule has 0 saturated heterocycles. The zero-order valence-corrected chi connectivity index (χ0v) is 12.9. The molecular weight excluding hydrogens is 341 g/mol. The largest absolute Gasteiger partial charge is 0.479 e. The number of aliphatic carboxylic acids is 1. The summed E-state index contributed by atoms with van der Waals surface area (Å²) in [5, 5.41) is 11.2. The summed E-state index contributed by atoms with van der Waals surface area (Å²) in [6, 6.07) is 7.76. The maximum Gasteiger partial charge on any atom is 0.408 e. The first kappa shape index (κ1) is 17.6. The molecule has 0 spiro atoms. The van der Waals surface area contributed by atoms with Crippen molar-refractivity contribution in [2.45, 2.75) is 9.83 Å². The number of alkyl carbamates (subject to hydrolysis) is 1. The Morgan fingerprint density at radius 1 is 1.29 bits per heavy atom. The van der Waals surface area contributed by atoms with E-state index in [4.69, 9.17) is 39.9 Å². The van der Waals surface area contributed by atoms with Crippen molar-refractivity contribution in [1.29, 1.82) is 0 Å². The van der Waals surface area contributed by atoms with Crippen molar-refractivity contribution in [2.75, 3.05) is 6.61 Å². The SMILES string of the molecule is O=C(N[C@H](/C=C/c1ccccc1)C(=O)O)OCC(Cl)(Cl)Cl. The van der Waals surface area contributed by atoms with E-state index in [1.54, 1.807) is 30.3 Å². The molecule has 0 aromatic heterocycles. The molecular formula is C13H12Cl3NO4. The van der Waals surface area contributed by atoms with Crippen LogP contribution in [0.15, 0.2) is 36.4 Å². The van der Waals surface area contributed by atoms with Crippen molar-refractivity contribution >= 4 is 52.9 Å². The fourth-order valence-electron chi connectivity index (χ4n) is 1.28. The van der Waals surface area contributed by atoms with Crippen LogP contribution < -0.4 is 5.32 Å². The Kier molecular flexibility index (Phi) is 6.81. The summed E-state index contributed by atoms with van der Waals surface area (Å²) in [4.78, 5) is 22.5. The molecule has 0 aliphatic rings. The van der Waals surface area contributed by atoms with Crippen LogP contribution in [0.1, 0.15) is 5.56 Å². The van der Waals surface area contributed by atoms with Crippen LogP contribution in [0.4, 0.5) is 4.79 Å². The maximum atomic E-state index is 11.4. The molecule has 21 heavy (non-hydrogen) atoms. The molecule has 0 unspecified atom stereocenters. The van der Waals surface area contributed by atoms with Crippen LogP contribution in [0, 0.1) is 0 Å². The first-order chi connectivity index (χ1) is 9.78. The quantitative estimate of drug-likeness (QED) is 0.798. The number of hydrogen-bond acceptors (Lipinski definition) is 3. The summed E-state index contributed by atoms with van der Waals surface area (Å²) in [5.41, 5.74) is 0.792. The summed E-state index contributed by atoms with van der Waals surface area (Å²) in [7, 11) is 0. The van der Waals surface area contributed by atoms with E-state index in [1.807, 2.05) is 6.07 Å². The summed E-state index contributed by atoms with van der Waals surface area (Å²) in [5.74, 6) is -1.24. The highest BCUT2D eigenvalue weighted by atomic mass is 35.6. The van der Waals surface area contributed by atoms with Crippen LogP contribution in [-0.4, -0.2) is 33.6 Å². The lowest BCUT2D eigenvalue weighted by Gasteiger charge is -2.14. The van der Waals surface area contributed by atoms with Gasteiger partial charge in [-0.2, -0.15) is 0 Å². The number of ether oxygens (including phenoxy) is 1. The van der Waals surface area contributed by atoms with Gasteiger partial charge in [-0.15, -0.1) is 0 Å². The minimum Gasteiger partial charge on any atom is -0.479 e. The number of carboxylic acid groups (broad SMARTS) is 1. The van der Waals surface area contributed by atoms with Gasteiger partial charge in [0.2, 0.25) is 3.79 Å². The molecule has 0 saturated carbocycles. The molecule has 1 atom stereocenters. The number of hydrogen-bond donors (Lipinski definition) is 2. The Balaban J connectivity index is 2.60. The Bertz CT molecular complexity index is 514. The number of amides is 1. The number of carbonyl (C=O) groups is 2. The number of nitrogens with one attached hydrogen (secondary N) is 1. The lowest BCUT2D eigenvalue weighted by molar-refractivity contribution is -0.138. The van der Waals surface area contributed by atoms with E-state index < -0.39 is 28.5 Å². The van der Waals surface area contributed by atoms with Crippen LogP contribution in [0.3, 0.4) is 0 Å². The molecule has 5 nitrogen and oxygen atoms in total. The van der Waals surface area contributed by atoms with E-state index in [1.165, 1.54) is 6.08 Å². The van der Waals surface area contributed by atoms with Crippen molar-refractivity contribution in [3.05, 3.63) is 42.0 Å². The van der Waals surface area contributed by atoms with Gasteiger partial charge in [0.25, 0.3) is 0 Å². The van der Waals surface area contributed by atoms with Gasteiger partial charge in [-0.1, -0.05) is 77.3 Å². The van der Waals surface area contributed by atoms with E-state index in [0.29, 0.717) is 0 Å². The molecule has 0 fully saturated rings. The van der Waals surface area contributed by atoms with Gasteiger partial charge < -0.3 is 15.2 Å². The third-order valence-corrected chi connectivity index (χ3v) is 2.51. The van der Waals surface area contributed by atoms with Gasteiger partial charge in [0.15, 0.2) is 0 Å². The summed E-state index contributed by atoms with van der Waals surface area (Å²) in [6.45, 7) is -0.488. The minimum absolute atomic E-state index is 0.488. The Hall–Kier alpha value is -1.43. The average Bonchev–Trinajstić information content (AvgIpc) is 2.41. The fourth-order valence-corrected chi connectivity index (χ4v) is 1.44. The molecule has 2 N–H and O–H groups in total. The van der Waals surface area contributed by atoms with Gasteiger partial charge in [0.05, 0.1) is 0 Å². The minimum atomic E-state index is -1.75. The Morgan fingerprint density at radius 3 is 2.43 bits per heavy atom. The second-order valence-electron chi connectivity index (χ2n) is 3.92. The third-order valence-electron chi connectivity index (χ3n) is 2.19. The predicted octanol–water partition coefficient (Wildman–Crippen LogP) is 3.25. The summed E-state index contributed by atoms with van der Waals surface area (Å²) < 4.78 is 2.84. The topological polar surface area (TPSA) is 75.6 Å². The van der Waals surface area contributed by atoms with Crippen molar-refractivity contribution in [1.82, 2.24) is 5.32 Å². The number of alkyl halides is 3. The molecule has 8 heteroatoms. The lowest BCUT2D eigenvalue weighted by Crippen LogP contribution is -2.40. The van der Waals surface area contributed by atoms with Gasteiger partial charge >= 0.3 is 12.1 Å². The standard InChI is InChI=1S/C13H12Cl3NO4/c14-13(15,16)8-21-12(20)17-10(11(18)19)7-6-9-4-2-1-3-5-9/h1-7,10H,8H2,(H,17,20)(H,18,19)/b7-6+/t10-/m1/s1. The summed E-state index contributed by atoms with van der Waals surface area (Å²) in [6.07, 6.45) is 1.88. The lowest BCUT2D eigenvalue weighted by atomic mass is 10.2. The maximum absolute atomic E-state index is 11.4. The molecule has 0 bridgehead atoms. The Labute approximate surface area is 136 Å². The molecule has 1 rings (SSSR count). The van der Waals surface area contributed by atoms with Crippen molar-refractivity contribution in [3.63, 3.8) is 0 Å². The molecule has 0 radical (unpaired) electrons. The van der Waals surface area contributed by atoms with E-state index in [2.05, 4.69) is 10.1 Å². The van der Waals surface area contributed by atoms with Gasteiger partial charge in [0.1, 0.15) is 12.6 Å². The van der Waals surface area contributed by atoms with Crippen LogP contribution >= 0.6 is 34.8 Å². The highest BCUT2D eigenvalue weighted by Crippen LogP contribution is 2.25. The molecule has 0 aliphatic carbocycles. The third kappa shape index (κ3) is 7.80. The Morgan fingerprint density at radius 2 is 1.90 bits per heavy atom. The van der Waals surface area contributed by atoms with E-state index in [-0.39, 0.29) is 0 Å². The first-order valence-corrected chi connectivity index (χ1v) is 6.87. The van der Waals surface area contributed by atoms with Crippen molar-refractivity contribution in [3.8, 4) is 0 Å². The monoisotopic (exact) mass is 351 g/mol. The average molecular weight is 353 g/mol. The second-order valence-corrected chi connectivity index (χ2v) is 6.44. The zero-order valence-electron chi connectivity index (χ0n) is 10.6. The highest BCUT2D eigenvalue weighted by Gasteiger charge is 2.24. The van der Waals surface area contributed by atoms with E-state index in [9.17, 15) is 9.59 Å². The molecule has 1 aromatic carbocycles. The number of carbonyl (C=O) groups excluding carboxylic acids is 1. The second kappa shape index (κ2) is 8.12.